The first kappa shape index (κ1) is 24.5. The van der Waals surface area contributed by atoms with Gasteiger partial charge in [-0.25, -0.2) is 12.8 Å². The first-order valence-corrected chi connectivity index (χ1v) is 11.2. The number of anilines is 2. The van der Waals surface area contributed by atoms with Crippen LogP contribution in [0.3, 0.4) is 0 Å². The number of hydrogen-bond donors (Lipinski definition) is 1. The summed E-state index contributed by atoms with van der Waals surface area (Å²) >= 11 is 5.59. The molecule has 1 N–H and O–H groups in total. The zero-order valence-electron chi connectivity index (χ0n) is 17.0. The molecule has 0 heterocycles. The summed E-state index contributed by atoms with van der Waals surface area (Å²) in [6.07, 6.45) is -4.74. The molecule has 3 aromatic carbocycles. The minimum Gasteiger partial charge on any atom is -0.324 e. The van der Waals surface area contributed by atoms with E-state index in [1.807, 2.05) is 0 Å². The van der Waals surface area contributed by atoms with E-state index in [0.717, 1.165) is 40.2 Å². The van der Waals surface area contributed by atoms with E-state index in [9.17, 15) is 30.8 Å². The van der Waals surface area contributed by atoms with Gasteiger partial charge in [0.15, 0.2) is 0 Å². The fourth-order valence-electron chi connectivity index (χ4n) is 2.91. The number of nitrogens with one attached hydrogen (secondary N) is 1. The number of aryl methyl sites for hydroxylation is 1. The molecule has 0 radical (unpaired) electrons. The third kappa shape index (κ3) is 5.82. The fourth-order valence-corrected chi connectivity index (χ4v) is 4.56. The number of carbonyl (C=O) groups is 1. The molecule has 0 atom stereocenters. The first-order chi connectivity index (χ1) is 15.4. The fraction of sp³-hybridized carbons (Fsp3) is 0.136. The van der Waals surface area contributed by atoms with Gasteiger partial charge in [-0.2, -0.15) is 13.2 Å². The lowest BCUT2D eigenvalue weighted by atomic mass is 10.2. The second kappa shape index (κ2) is 9.40. The Morgan fingerprint density at radius 2 is 1.61 bits per heavy atom. The Kier molecular flexibility index (Phi) is 6.99. The zero-order chi connectivity index (χ0) is 24.4. The molecule has 0 aliphatic rings. The molecule has 5 nitrogen and oxygen atoms in total. The van der Waals surface area contributed by atoms with Crippen LogP contribution in [-0.4, -0.2) is 20.9 Å². The molecule has 0 aromatic heterocycles. The van der Waals surface area contributed by atoms with Crippen molar-refractivity contribution in [2.24, 2.45) is 0 Å². The Labute approximate surface area is 192 Å². The van der Waals surface area contributed by atoms with Crippen LogP contribution >= 0.6 is 11.6 Å². The molecule has 3 aromatic rings. The molecule has 0 aliphatic heterocycles. The monoisotopic (exact) mass is 500 g/mol. The average molecular weight is 501 g/mol. The summed E-state index contributed by atoms with van der Waals surface area (Å²) < 4.78 is 79.7. The van der Waals surface area contributed by atoms with Crippen molar-refractivity contribution in [2.75, 3.05) is 16.2 Å². The lowest BCUT2D eigenvalue weighted by Gasteiger charge is -2.24. The van der Waals surface area contributed by atoms with Crippen molar-refractivity contribution < 1.29 is 30.8 Å². The molecule has 0 bridgehead atoms. The molecule has 3 rings (SSSR count). The lowest BCUT2D eigenvalue weighted by Crippen LogP contribution is -2.38. The van der Waals surface area contributed by atoms with Crippen LogP contribution in [0.15, 0.2) is 71.6 Å². The maximum Gasteiger partial charge on any atom is 0.417 e. The first-order valence-electron chi connectivity index (χ1n) is 9.39. The van der Waals surface area contributed by atoms with Crippen molar-refractivity contribution in [3.8, 4) is 0 Å². The van der Waals surface area contributed by atoms with Gasteiger partial charge in [0, 0.05) is 5.69 Å². The Morgan fingerprint density at radius 3 is 2.18 bits per heavy atom. The zero-order valence-corrected chi connectivity index (χ0v) is 18.6. The van der Waals surface area contributed by atoms with Crippen molar-refractivity contribution in [3.05, 3.63) is 88.7 Å². The summed E-state index contributed by atoms with van der Waals surface area (Å²) in [4.78, 5) is 12.4. The van der Waals surface area contributed by atoms with E-state index in [1.54, 1.807) is 19.1 Å². The minimum absolute atomic E-state index is 0.146. The standard InChI is InChI=1S/C22H17ClF4N2O3S/c1-14-2-7-17(8-3-14)29(33(31,32)18-9-4-15(24)5-10-18)13-21(30)28-16-6-11-20(23)19(12-16)22(25,26)27/h2-12H,13H2,1H3,(H,28,30). The lowest BCUT2D eigenvalue weighted by molar-refractivity contribution is -0.137. The van der Waals surface area contributed by atoms with Crippen LogP contribution in [0.1, 0.15) is 11.1 Å². The van der Waals surface area contributed by atoms with Gasteiger partial charge >= 0.3 is 6.18 Å². The second-order valence-electron chi connectivity index (χ2n) is 7.04. The molecule has 11 heteroatoms. The molecule has 0 fully saturated rings. The number of amides is 1. The highest BCUT2D eigenvalue weighted by molar-refractivity contribution is 7.92. The molecule has 1 amide bonds. The van der Waals surface area contributed by atoms with Crippen molar-refractivity contribution >= 4 is 38.9 Å². The van der Waals surface area contributed by atoms with Gasteiger partial charge in [-0.1, -0.05) is 29.3 Å². The summed E-state index contributed by atoms with van der Waals surface area (Å²) in [5.74, 6) is -1.53. The molecule has 0 spiro atoms. The van der Waals surface area contributed by atoms with E-state index in [0.29, 0.717) is 6.07 Å². The van der Waals surface area contributed by atoms with Crippen molar-refractivity contribution in [1.29, 1.82) is 0 Å². The topological polar surface area (TPSA) is 66.5 Å². The third-order valence-corrected chi connectivity index (χ3v) is 6.68. The Hall–Kier alpha value is -3.11. The molecule has 0 saturated carbocycles. The molecule has 174 valence electrons. The summed E-state index contributed by atoms with van der Waals surface area (Å²) in [6, 6.07) is 13.1. The van der Waals surface area contributed by atoms with Crippen LogP contribution < -0.4 is 9.62 Å². The van der Waals surface area contributed by atoms with Gasteiger partial charge < -0.3 is 5.32 Å². The number of rotatable bonds is 6. The maximum absolute atomic E-state index is 13.3. The van der Waals surface area contributed by atoms with Gasteiger partial charge in [-0.3, -0.25) is 9.10 Å². The van der Waals surface area contributed by atoms with Crippen molar-refractivity contribution in [2.45, 2.75) is 18.0 Å². The number of halogens is 5. The van der Waals surface area contributed by atoms with E-state index < -0.39 is 45.1 Å². The Balaban J connectivity index is 1.93. The van der Waals surface area contributed by atoms with Gasteiger partial charge in [-0.05, 0) is 61.5 Å². The summed E-state index contributed by atoms with van der Waals surface area (Å²) in [5, 5.41) is 1.72. The highest BCUT2D eigenvalue weighted by Gasteiger charge is 2.34. The Bertz CT molecular complexity index is 1260. The Morgan fingerprint density at radius 1 is 1.00 bits per heavy atom. The quantitative estimate of drug-likeness (QED) is 0.445. The number of hydrogen-bond acceptors (Lipinski definition) is 3. The predicted molar refractivity (Wildman–Crippen MR) is 117 cm³/mol. The molecular formula is C22H17ClF4N2O3S. The van der Waals surface area contributed by atoms with E-state index in [4.69, 9.17) is 11.6 Å². The van der Waals surface area contributed by atoms with Gasteiger partial charge in [-0.15, -0.1) is 0 Å². The molecule has 0 aliphatic carbocycles. The van der Waals surface area contributed by atoms with Gasteiger partial charge in [0.25, 0.3) is 10.0 Å². The van der Waals surface area contributed by atoms with Crippen molar-refractivity contribution in [1.82, 2.24) is 0 Å². The number of sulfonamides is 1. The molecular weight excluding hydrogens is 484 g/mol. The smallest absolute Gasteiger partial charge is 0.324 e. The highest BCUT2D eigenvalue weighted by atomic mass is 35.5. The number of carbonyl (C=O) groups excluding carboxylic acids is 1. The highest BCUT2D eigenvalue weighted by Crippen LogP contribution is 2.36. The van der Waals surface area contributed by atoms with Gasteiger partial charge in [0.1, 0.15) is 12.4 Å². The second-order valence-corrected chi connectivity index (χ2v) is 9.31. The van der Waals surface area contributed by atoms with Crippen LogP contribution in [0.5, 0.6) is 0 Å². The number of benzene rings is 3. The van der Waals surface area contributed by atoms with E-state index in [2.05, 4.69) is 5.32 Å². The average Bonchev–Trinajstić information content (AvgIpc) is 2.73. The third-order valence-electron chi connectivity index (χ3n) is 4.57. The van der Waals surface area contributed by atoms with Crippen LogP contribution in [-0.2, 0) is 21.0 Å². The predicted octanol–water partition coefficient (Wildman–Crippen LogP) is 5.64. The largest absolute Gasteiger partial charge is 0.417 e. The van der Waals surface area contributed by atoms with Crippen LogP contribution in [0, 0.1) is 12.7 Å². The summed E-state index contributed by atoms with van der Waals surface area (Å²) in [7, 11) is -4.30. The number of nitrogens with zero attached hydrogens (tertiary/aromatic N) is 1. The summed E-state index contributed by atoms with van der Waals surface area (Å²) in [5.41, 5.74) is -0.369. The molecule has 33 heavy (non-hydrogen) atoms. The maximum atomic E-state index is 13.3. The van der Waals surface area contributed by atoms with Crippen LogP contribution in [0.25, 0.3) is 0 Å². The molecule has 0 unspecified atom stereocenters. The van der Waals surface area contributed by atoms with E-state index in [-0.39, 0.29) is 16.3 Å². The van der Waals surface area contributed by atoms with Crippen LogP contribution in [0.4, 0.5) is 28.9 Å². The van der Waals surface area contributed by atoms with Gasteiger partial charge in [0.2, 0.25) is 5.91 Å². The number of alkyl halides is 3. The van der Waals surface area contributed by atoms with Crippen LogP contribution in [0.2, 0.25) is 5.02 Å². The normalized spacial score (nSPS) is 11.8. The van der Waals surface area contributed by atoms with E-state index >= 15 is 0 Å². The summed E-state index contributed by atoms with van der Waals surface area (Å²) in [6.45, 7) is 1.04. The minimum atomic E-state index is -4.74. The van der Waals surface area contributed by atoms with Crippen molar-refractivity contribution in [3.63, 3.8) is 0 Å². The van der Waals surface area contributed by atoms with Gasteiger partial charge in [0.05, 0.1) is 21.2 Å². The van der Waals surface area contributed by atoms with E-state index in [1.165, 1.54) is 18.2 Å². The molecule has 0 saturated heterocycles. The SMILES string of the molecule is Cc1ccc(N(CC(=O)Nc2ccc(Cl)c(C(F)(F)F)c2)S(=O)(=O)c2ccc(F)cc2)cc1.